The molecule has 0 spiro atoms. The van der Waals surface area contributed by atoms with Crippen LogP contribution in [0.3, 0.4) is 0 Å². The maximum atomic E-state index is 13.7. The van der Waals surface area contributed by atoms with Gasteiger partial charge in [0.25, 0.3) is 5.56 Å². The summed E-state index contributed by atoms with van der Waals surface area (Å²) in [4.78, 5) is 33.1. The first-order chi connectivity index (χ1) is 13.3. The van der Waals surface area contributed by atoms with E-state index in [1.807, 2.05) is 6.92 Å². The van der Waals surface area contributed by atoms with Crippen LogP contribution in [-0.4, -0.2) is 15.9 Å². The predicted octanol–water partition coefficient (Wildman–Crippen LogP) is 4.52. The van der Waals surface area contributed by atoms with Crippen molar-refractivity contribution in [2.24, 2.45) is 5.92 Å². The maximum Gasteiger partial charge on any atom is 0.344 e. The fourth-order valence-corrected chi connectivity index (χ4v) is 4.00. The van der Waals surface area contributed by atoms with E-state index in [4.69, 9.17) is 4.74 Å². The largest absolute Gasteiger partial charge is 0.454 e. The number of hydrogen-bond donors (Lipinski definition) is 1. The molecule has 0 saturated heterocycles. The summed E-state index contributed by atoms with van der Waals surface area (Å²) in [5.41, 5.74) is -0.0930. The molecule has 1 aromatic carbocycles. The van der Waals surface area contributed by atoms with Crippen molar-refractivity contribution in [1.29, 1.82) is 0 Å². The SMILES string of the molecule is CC[C@@H](C)Cc1c(C)sc2nc(COC(=O)c3c(F)cccc3F)[nH]c(=O)c12. The van der Waals surface area contributed by atoms with Crippen molar-refractivity contribution in [3.63, 3.8) is 0 Å². The minimum atomic E-state index is -1.15. The van der Waals surface area contributed by atoms with Crippen LogP contribution in [0.1, 0.15) is 46.9 Å². The van der Waals surface area contributed by atoms with E-state index < -0.39 is 29.8 Å². The van der Waals surface area contributed by atoms with Gasteiger partial charge in [-0.15, -0.1) is 11.3 Å². The van der Waals surface area contributed by atoms with Crippen LogP contribution in [0.4, 0.5) is 8.78 Å². The smallest absolute Gasteiger partial charge is 0.344 e. The fourth-order valence-electron chi connectivity index (χ4n) is 2.93. The average Bonchev–Trinajstić information content (AvgIpc) is 2.95. The quantitative estimate of drug-likeness (QED) is 0.611. The number of nitrogens with zero attached hydrogens (tertiary/aromatic N) is 1. The molecule has 28 heavy (non-hydrogen) atoms. The molecule has 0 fully saturated rings. The van der Waals surface area contributed by atoms with Crippen molar-refractivity contribution in [3.05, 3.63) is 62.0 Å². The normalized spacial score (nSPS) is 12.3. The molecule has 148 valence electrons. The number of aryl methyl sites for hydroxylation is 1. The molecule has 1 N–H and O–H groups in total. The highest BCUT2D eigenvalue weighted by Crippen LogP contribution is 2.29. The lowest BCUT2D eigenvalue weighted by Crippen LogP contribution is -2.16. The molecule has 0 unspecified atom stereocenters. The molecule has 0 saturated carbocycles. The van der Waals surface area contributed by atoms with E-state index in [0.717, 1.165) is 41.5 Å². The lowest BCUT2D eigenvalue weighted by atomic mass is 9.98. The second kappa shape index (κ2) is 8.18. The first-order valence-corrected chi connectivity index (χ1v) is 9.75. The summed E-state index contributed by atoms with van der Waals surface area (Å²) in [7, 11) is 0. The molecule has 2 heterocycles. The molecule has 0 amide bonds. The van der Waals surface area contributed by atoms with E-state index in [0.29, 0.717) is 16.1 Å². The maximum absolute atomic E-state index is 13.7. The summed E-state index contributed by atoms with van der Waals surface area (Å²) in [5.74, 6) is -2.61. The monoisotopic (exact) mass is 406 g/mol. The summed E-state index contributed by atoms with van der Waals surface area (Å²) in [6.07, 6.45) is 1.79. The number of thiophene rings is 1. The number of H-pyrrole nitrogens is 1. The molecule has 3 rings (SSSR count). The van der Waals surface area contributed by atoms with Gasteiger partial charge in [-0.25, -0.2) is 18.6 Å². The summed E-state index contributed by atoms with van der Waals surface area (Å²) >= 11 is 1.40. The van der Waals surface area contributed by atoms with Crippen LogP contribution in [-0.2, 0) is 17.8 Å². The molecule has 0 bridgehead atoms. The van der Waals surface area contributed by atoms with E-state index in [1.54, 1.807) is 0 Å². The zero-order chi connectivity index (χ0) is 20.4. The van der Waals surface area contributed by atoms with Crippen LogP contribution in [0.15, 0.2) is 23.0 Å². The number of hydrogen-bond acceptors (Lipinski definition) is 5. The van der Waals surface area contributed by atoms with Gasteiger partial charge in [0.1, 0.15) is 34.5 Å². The lowest BCUT2D eigenvalue weighted by Gasteiger charge is -2.08. The summed E-state index contributed by atoms with van der Waals surface area (Å²) in [6, 6.07) is 3.10. The average molecular weight is 406 g/mol. The zero-order valence-corrected chi connectivity index (χ0v) is 16.6. The first-order valence-electron chi connectivity index (χ1n) is 8.94. The first kappa shape index (κ1) is 20.1. The van der Waals surface area contributed by atoms with E-state index in [1.165, 1.54) is 11.3 Å². The van der Waals surface area contributed by atoms with Crippen LogP contribution >= 0.6 is 11.3 Å². The Morgan fingerprint density at radius 2 is 2.00 bits per heavy atom. The van der Waals surface area contributed by atoms with Gasteiger partial charge in [0.2, 0.25) is 0 Å². The fraction of sp³-hybridized carbons (Fsp3) is 0.350. The number of halogens is 2. The van der Waals surface area contributed by atoms with Gasteiger partial charge in [-0.2, -0.15) is 0 Å². The molecule has 3 aromatic rings. The Morgan fingerprint density at radius 3 is 2.64 bits per heavy atom. The Balaban J connectivity index is 1.85. The van der Waals surface area contributed by atoms with Gasteiger partial charge in [-0.05, 0) is 37.0 Å². The molecule has 0 aliphatic heterocycles. The van der Waals surface area contributed by atoms with Gasteiger partial charge in [0, 0.05) is 4.88 Å². The third-order valence-electron chi connectivity index (χ3n) is 4.67. The number of aromatic amines is 1. The number of rotatable bonds is 6. The number of ether oxygens (including phenoxy) is 1. The van der Waals surface area contributed by atoms with Crippen molar-refractivity contribution in [2.45, 2.75) is 40.2 Å². The van der Waals surface area contributed by atoms with E-state index in [2.05, 4.69) is 23.8 Å². The van der Waals surface area contributed by atoms with Crippen LogP contribution in [0.5, 0.6) is 0 Å². The number of benzene rings is 1. The molecule has 8 heteroatoms. The lowest BCUT2D eigenvalue weighted by molar-refractivity contribution is 0.0451. The van der Waals surface area contributed by atoms with Gasteiger partial charge in [0.05, 0.1) is 5.39 Å². The van der Waals surface area contributed by atoms with Crippen molar-refractivity contribution in [2.75, 3.05) is 0 Å². The zero-order valence-electron chi connectivity index (χ0n) is 15.8. The minimum absolute atomic E-state index is 0.124. The van der Waals surface area contributed by atoms with Crippen LogP contribution in [0.2, 0.25) is 0 Å². The summed E-state index contributed by atoms with van der Waals surface area (Å²) < 4.78 is 32.3. The summed E-state index contributed by atoms with van der Waals surface area (Å²) in [5, 5.41) is 0.554. The van der Waals surface area contributed by atoms with Gasteiger partial charge >= 0.3 is 5.97 Å². The Kier molecular flexibility index (Phi) is 5.88. The Hall–Kier alpha value is -2.61. The Labute approximate surface area is 164 Å². The van der Waals surface area contributed by atoms with Crippen molar-refractivity contribution >= 4 is 27.5 Å². The standard InChI is InChI=1S/C20H20F2N2O3S/c1-4-10(2)8-12-11(3)28-19-16(12)18(25)23-15(24-19)9-27-20(26)17-13(21)6-5-7-14(17)22/h5-7,10H,4,8-9H2,1-3H3,(H,23,24,25)/t10-/m1/s1. The third-order valence-corrected chi connectivity index (χ3v) is 5.71. The van der Waals surface area contributed by atoms with Crippen LogP contribution in [0.25, 0.3) is 10.2 Å². The predicted molar refractivity (Wildman–Crippen MR) is 104 cm³/mol. The molecule has 5 nitrogen and oxygen atoms in total. The molecule has 2 aromatic heterocycles. The van der Waals surface area contributed by atoms with E-state index in [-0.39, 0.29) is 11.4 Å². The van der Waals surface area contributed by atoms with Crippen LogP contribution < -0.4 is 5.56 Å². The van der Waals surface area contributed by atoms with E-state index >= 15 is 0 Å². The number of aromatic nitrogens is 2. The van der Waals surface area contributed by atoms with Crippen molar-refractivity contribution in [1.82, 2.24) is 9.97 Å². The Bertz CT molecular complexity index is 1070. The van der Waals surface area contributed by atoms with Crippen molar-refractivity contribution < 1.29 is 18.3 Å². The molecule has 0 radical (unpaired) electrons. The topological polar surface area (TPSA) is 72.0 Å². The number of nitrogens with one attached hydrogen (secondary N) is 1. The highest BCUT2D eigenvalue weighted by molar-refractivity contribution is 7.18. The highest BCUT2D eigenvalue weighted by atomic mass is 32.1. The number of carbonyl (C=O) groups is 1. The Morgan fingerprint density at radius 1 is 1.32 bits per heavy atom. The molecule has 0 aliphatic carbocycles. The summed E-state index contributed by atoms with van der Waals surface area (Å²) in [6.45, 7) is 5.78. The van der Waals surface area contributed by atoms with Gasteiger partial charge in [-0.1, -0.05) is 26.3 Å². The highest BCUT2D eigenvalue weighted by Gasteiger charge is 2.20. The van der Waals surface area contributed by atoms with Crippen LogP contribution in [0, 0.1) is 24.5 Å². The van der Waals surface area contributed by atoms with E-state index in [9.17, 15) is 18.4 Å². The minimum Gasteiger partial charge on any atom is -0.454 e. The number of carbonyl (C=O) groups excluding carboxylic acids is 1. The molecular formula is C20H20F2N2O3S. The molecule has 1 atom stereocenters. The third kappa shape index (κ3) is 3.96. The second-order valence-corrected chi connectivity index (χ2v) is 7.92. The van der Waals surface area contributed by atoms with Gasteiger partial charge < -0.3 is 9.72 Å². The van der Waals surface area contributed by atoms with Gasteiger partial charge in [0.15, 0.2) is 0 Å². The number of esters is 1. The van der Waals surface area contributed by atoms with Gasteiger partial charge in [-0.3, -0.25) is 4.79 Å². The molecular weight excluding hydrogens is 386 g/mol. The second-order valence-electron chi connectivity index (χ2n) is 6.72. The molecule has 0 aliphatic rings. The van der Waals surface area contributed by atoms with Crippen molar-refractivity contribution in [3.8, 4) is 0 Å². The number of fused-ring (bicyclic) bond motifs is 1.